The van der Waals surface area contributed by atoms with E-state index in [-0.39, 0.29) is 6.42 Å². The Balaban J connectivity index is 3.12. The highest BCUT2D eigenvalue weighted by Gasteiger charge is 2.17. The van der Waals surface area contributed by atoms with Gasteiger partial charge < -0.3 is 10.4 Å². The van der Waals surface area contributed by atoms with Gasteiger partial charge in [-0.1, -0.05) is 12.1 Å². The molecule has 1 aromatic rings. The van der Waals surface area contributed by atoms with Crippen molar-refractivity contribution in [2.45, 2.75) is 33.2 Å². The molecule has 0 bridgehead atoms. The third-order valence-corrected chi connectivity index (χ3v) is 2.91. The zero-order chi connectivity index (χ0) is 13.0. The van der Waals surface area contributed by atoms with E-state index in [0.29, 0.717) is 6.41 Å². The zero-order valence-corrected chi connectivity index (χ0v) is 10.3. The number of carbonyl (C=O) groups is 2. The van der Waals surface area contributed by atoms with E-state index < -0.39 is 12.0 Å². The quantitative estimate of drug-likeness (QED) is 0.766. The fraction of sp³-hybridized carbons (Fsp3) is 0.385. The van der Waals surface area contributed by atoms with Gasteiger partial charge in [0.1, 0.15) is 0 Å². The van der Waals surface area contributed by atoms with Crippen molar-refractivity contribution in [1.82, 2.24) is 5.32 Å². The molecule has 0 radical (unpaired) electrons. The molecule has 2 N–H and O–H groups in total. The molecule has 1 rings (SSSR count). The van der Waals surface area contributed by atoms with Gasteiger partial charge in [0.15, 0.2) is 0 Å². The summed E-state index contributed by atoms with van der Waals surface area (Å²) in [5, 5.41) is 11.4. The molecule has 0 aliphatic carbocycles. The number of hydrogen-bond donors (Lipinski definition) is 2. The molecule has 0 saturated heterocycles. The lowest BCUT2D eigenvalue weighted by atomic mass is 9.94. The molecular weight excluding hydrogens is 218 g/mol. The molecule has 0 aliphatic heterocycles. The number of benzene rings is 1. The maximum atomic E-state index is 10.8. The predicted octanol–water partition coefficient (Wildman–Crippen LogP) is 1.87. The van der Waals surface area contributed by atoms with Crippen molar-refractivity contribution in [1.29, 1.82) is 0 Å². The summed E-state index contributed by atoms with van der Waals surface area (Å²) in [5.74, 6) is -0.929. The van der Waals surface area contributed by atoms with Crippen molar-refractivity contribution in [2.75, 3.05) is 0 Å². The first kappa shape index (κ1) is 13.2. The second-order valence-electron chi connectivity index (χ2n) is 4.23. The van der Waals surface area contributed by atoms with Crippen LogP contribution in [0.4, 0.5) is 0 Å². The van der Waals surface area contributed by atoms with E-state index in [9.17, 15) is 9.59 Å². The van der Waals surface area contributed by atoms with E-state index in [0.717, 1.165) is 22.3 Å². The van der Waals surface area contributed by atoms with E-state index in [4.69, 9.17) is 5.11 Å². The first-order chi connectivity index (χ1) is 7.95. The standard InChI is InChI=1S/C13H17NO3/c1-8-4-10(3)11(5-9(8)2)12(14-7-15)6-13(16)17/h4-5,7,12H,6H2,1-3H3,(H,14,15)(H,16,17)/t12-/m0/s1. The van der Waals surface area contributed by atoms with Gasteiger partial charge in [-0.2, -0.15) is 0 Å². The Hall–Kier alpha value is -1.84. The fourth-order valence-electron chi connectivity index (χ4n) is 1.87. The van der Waals surface area contributed by atoms with Gasteiger partial charge in [-0.05, 0) is 43.0 Å². The van der Waals surface area contributed by atoms with Crippen LogP contribution in [-0.2, 0) is 9.59 Å². The summed E-state index contributed by atoms with van der Waals surface area (Å²) in [6.45, 7) is 5.89. The van der Waals surface area contributed by atoms with E-state index in [1.807, 2.05) is 32.9 Å². The Morgan fingerprint density at radius 1 is 1.29 bits per heavy atom. The van der Waals surface area contributed by atoms with Crippen molar-refractivity contribution in [2.24, 2.45) is 0 Å². The molecule has 17 heavy (non-hydrogen) atoms. The first-order valence-electron chi connectivity index (χ1n) is 5.45. The lowest BCUT2D eigenvalue weighted by Gasteiger charge is -2.18. The van der Waals surface area contributed by atoms with Crippen LogP contribution in [0.25, 0.3) is 0 Å². The maximum Gasteiger partial charge on any atom is 0.305 e. The number of rotatable bonds is 5. The Morgan fingerprint density at radius 3 is 2.41 bits per heavy atom. The summed E-state index contributed by atoms with van der Waals surface area (Å²) in [6.07, 6.45) is 0.435. The largest absolute Gasteiger partial charge is 0.481 e. The fourth-order valence-corrected chi connectivity index (χ4v) is 1.87. The number of nitrogens with one attached hydrogen (secondary N) is 1. The molecule has 0 heterocycles. The Labute approximate surface area is 101 Å². The third kappa shape index (κ3) is 3.31. The summed E-state index contributed by atoms with van der Waals surface area (Å²) >= 11 is 0. The molecule has 0 aliphatic rings. The summed E-state index contributed by atoms with van der Waals surface area (Å²) in [6, 6.07) is 3.48. The minimum absolute atomic E-state index is 0.109. The van der Waals surface area contributed by atoms with Crippen LogP contribution in [0.5, 0.6) is 0 Å². The number of aryl methyl sites for hydroxylation is 3. The van der Waals surface area contributed by atoms with E-state index in [1.165, 1.54) is 0 Å². The van der Waals surface area contributed by atoms with E-state index >= 15 is 0 Å². The molecule has 1 atom stereocenters. The van der Waals surface area contributed by atoms with Crippen LogP contribution in [0.1, 0.15) is 34.7 Å². The molecule has 0 aromatic heterocycles. The highest BCUT2D eigenvalue weighted by Crippen LogP contribution is 2.23. The van der Waals surface area contributed by atoms with Crippen LogP contribution in [-0.4, -0.2) is 17.5 Å². The Bertz CT molecular complexity index is 441. The summed E-state index contributed by atoms with van der Waals surface area (Å²) in [5.41, 5.74) is 4.11. The van der Waals surface area contributed by atoms with Crippen LogP contribution in [0, 0.1) is 20.8 Å². The highest BCUT2D eigenvalue weighted by atomic mass is 16.4. The lowest BCUT2D eigenvalue weighted by molar-refractivity contribution is -0.137. The lowest BCUT2D eigenvalue weighted by Crippen LogP contribution is -2.23. The average molecular weight is 235 g/mol. The Morgan fingerprint density at radius 2 is 1.88 bits per heavy atom. The summed E-state index contributed by atoms with van der Waals surface area (Å²) in [4.78, 5) is 21.3. The van der Waals surface area contributed by atoms with Crippen molar-refractivity contribution in [3.05, 3.63) is 34.4 Å². The van der Waals surface area contributed by atoms with Crippen LogP contribution < -0.4 is 5.32 Å². The molecular formula is C13H17NO3. The smallest absolute Gasteiger partial charge is 0.305 e. The zero-order valence-electron chi connectivity index (χ0n) is 10.3. The average Bonchev–Trinajstić information content (AvgIpc) is 2.22. The minimum Gasteiger partial charge on any atom is -0.481 e. The number of carboxylic acid groups (broad SMARTS) is 1. The first-order valence-corrected chi connectivity index (χ1v) is 5.45. The Kier molecular flexibility index (Phi) is 4.26. The van der Waals surface area contributed by atoms with Gasteiger partial charge >= 0.3 is 5.97 Å². The summed E-state index contributed by atoms with van der Waals surface area (Å²) < 4.78 is 0. The molecule has 0 unspecified atom stereocenters. The monoisotopic (exact) mass is 235 g/mol. The van der Waals surface area contributed by atoms with Gasteiger partial charge in [-0.15, -0.1) is 0 Å². The molecule has 92 valence electrons. The number of hydrogen-bond acceptors (Lipinski definition) is 2. The molecule has 4 nitrogen and oxygen atoms in total. The SMILES string of the molecule is Cc1cc(C)c([C@H](CC(=O)O)NC=O)cc1C. The second-order valence-corrected chi connectivity index (χ2v) is 4.23. The van der Waals surface area contributed by atoms with Crippen molar-refractivity contribution in [3.8, 4) is 0 Å². The molecule has 0 saturated carbocycles. The minimum atomic E-state index is -0.929. The molecule has 1 amide bonds. The van der Waals surface area contributed by atoms with Gasteiger partial charge in [0.2, 0.25) is 6.41 Å². The summed E-state index contributed by atoms with van der Waals surface area (Å²) in [7, 11) is 0. The molecule has 4 heteroatoms. The number of carbonyl (C=O) groups excluding carboxylic acids is 1. The van der Waals surface area contributed by atoms with Gasteiger partial charge in [0, 0.05) is 0 Å². The van der Waals surface area contributed by atoms with Gasteiger partial charge in [0.05, 0.1) is 12.5 Å². The van der Waals surface area contributed by atoms with Crippen molar-refractivity contribution >= 4 is 12.4 Å². The number of amides is 1. The van der Waals surface area contributed by atoms with Gasteiger partial charge in [-0.3, -0.25) is 9.59 Å². The predicted molar refractivity (Wildman–Crippen MR) is 64.8 cm³/mol. The maximum absolute atomic E-state index is 10.8. The van der Waals surface area contributed by atoms with Crippen LogP contribution in [0.2, 0.25) is 0 Å². The second kappa shape index (κ2) is 5.48. The topological polar surface area (TPSA) is 66.4 Å². The third-order valence-electron chi connectivity index (χ3n) is 2.91. The van der Waals surface area contributed by atoms with Crippen molar-refractivity contribution in [3.63, 3.8) is 0 Å². The van der Waals surface area contributed by atoms with Crippen LogP contribution in [0.15, 0.2) is 12.1 Å². The normalized spacial score (nSPS) is 11.9. The van der Waals surface area contributed by atoms with E-state index in [2.05, 4.69) is 5.32 Å². The van der Waals surface area contributed by atoms with E-state index in [1.54, 1.807) is 0 Å². The number of aliphatic carboxylic acids is 1. The van der Waals surface area contributed by atoms with Gasteiger partial charge in [0.25, 0.3) is 0 Å². The number of carboxylic acids is 1. The molecule has 1 aromatic carbocycles. The van der Waals surface area contributed by atoms with Crippen LogP contribution in [0.3, 0.4) is 0 Å². The van der Waals surface area contributed by atoms with Gasteiger partial charge in [-0.25, -0.2) is 0 Å². The van der Waals surface area contributed by atoms with Crippen molar-refractivity contribution < 1.29 is 14.7 Å². The van der Waals surface area contributed by atoms with Crippen LogP contribution >= 0.6 is 0 Å². The molecule has 0 spiro atoms. The highest BCUT2D eigenvalue weighted by molar-refractivity contribution is 5.69. The molecule has 0 fully saturated rings.